The van der Waals surface area contributed by atoms with E-state index < -0.39 is 0 Å². The molecule has 39 heavy (non-hydrogen) atoms. The maximum Gasteiger partial charge on any atom is 0.293 e. The molecule has 1 aliphatic heterocycles. The van der Waals surface area contributed by atoms with E-state index in [4.69, 9.17) is 21.1 Å². The molecule has 7 rings (SSSR count). The molecule has 5 aliphatic rings. The topological polar surface area (TPSA) is 84.9 Å². The van der Waals surface area contributed by atoms with Crippen LogP contribution in [-0.2, 0) is 16.1 Å². The van der Waals surface area contributed by atoms with E-state index in [9.17, 15) is 14.4 Å². The average molecular weight is 567 g/mol. The van der Waals surface area contributed by atoms with Gasteiger partial charge in [0.25, 0.3) is 17.1 Å². The van der Waals surface area contributed by atoms with E-state index >= 15 is 0 Å². The number of nitrogens with zero attached hydrogens (tertiary/aromatic N) is 1. The fourth-order valence-electron chi connectivity index (χ4n) is 7.19. The number of benzene rings is 2. The fourth-order valence-corrected chi connectivity index (χ4v) is 8.16. The zero-order chi connectivity index (χ0) is 27.1. The van der Waals surface area contributed by atoms with Gasteiger partial charge in [0.1, 0.15) is 0 Å². The highest BCUT2D eigenvalue weighted by atomic mass is 35.5. The van der Waals surface area contributed by atoms with E-state index in [-0.39, 0.29) is 35.7 Å². The molecule has 3 amide bonds. The van der Waals surface area contributed by atoms with E-state index in [0.29, 0.717) is 27.0 Å². The van der Waals surface area contributed by atoms with Gasteiger partial charge in [-0.3, -0.25) is 19.3 Å². The Morgan fingerprint density at radius 2 is 1.72 bits per heavy atom. The van der Waals surface area contributed by atoms with Crippen LogP contribution in [0.15, 0.2) is 47.4 Å². The zero-order valence-corrected chi connectivity index (χ0v) is 23.4. The molecule has 0 spiro atoms. The van der Waals surface area contributed by atoms with Gasteiger partial charge in [0.15, 0.2) is 18.1 Å². The Morgan fingerprint density at radius 1 is 1.05 bits per heavy atom. The average Bonchev–Trinajstić information content (AvgIpc) is 3.15. The number of halogens is 1. The molecule has 1 N–H and O–H groups in total. The van der Waals surface area contributed by atoms with Crippen molar-refractivity contribution < 1.29 is 23.9 Å². The molecule has 0 atom stereocenters. The summed E-state index contributed by atoms with van der Waals surface area (Å²) in [6, 6.07) is 12.3. The van der Waals surface area contributed by atoms with Crippen LogP contribution in [0.2, 0.25) is 5.02 Å². The first-order valence-corrected chi connectivity index (χ1v) is 14.6. The summed E-state index contributed by atoms with van der Waals surface area (Å²) in [4.78, 5) is 39.9. The molecule has 9 heteroatoms. The number of ether oxygens (including phenoxy) is 2. The maximum atomic E-state index is 12.9. The summed E-state index contributed by atoms with van der Waals surface area (Å²) in [5, 5.41) is 3.60. The van der Waals surface area contributed by atoms with Crippen molar-refractivity contribution in [2.45, 2.75) is 50.6 Å². The number of carbonyl (C=O) groups is 3. The molecule has 7 nitrogen and oxygen atoms in total. The predicted molar refractivity (Wildman–Crippen MR) is 151 cm³/mol. The summed E-state index contributed by atoms with van der Waals surface area (Å²) in [6.45, 7) is 0.0988. The number of methoxy groups -OCH3 is 1. The van der Waals surface area contributed by atoms with Crippen molar-refractivity contribution in [3.8, 4) is 11.5 Å². The van der Waals surface area contributed by atoms with Crippen LogP contribution in [0.3, 0.4) is 0 Å². The Kier molecular flexibility index (Phi) is 7.10. The second-order valence-electron chi connectivity index (χ2n) is 11.3. The van der Waals surface area contributed by atoms with Gasteiger partial charge in [-0.15, -0.1) is 0 Å². The number of carbonyl (C=O) groups excluding carboxylic acids is 3. The van der Waals surface area contributed by atoms with Gasteiger partial charge in [-0.25, -0.2) is 0 Å². The van der Waals surface area contributed by atoms with Gasteiger partial charge in [-0.1, -0.05) is 29.8 Å². The SMILES string of the molecule is COc1cc(/C=C2\SC(=O)N(Cc3ccc(Cl)cc3)C2=O)ccc1OCC(=O)NC12CC3CC(CC(C3)C1)C2. The zero-order valence-electron chi connectivity index (χ0n) is 21.8. The first-order valence-electron chi connectivity index (χ1n) is 13.4. The lowest BCUT2D eigenvalue weighted by molar-refractivity contribution is -0.129. The third kappa shape index (κ3) is 5.54. The smallest absolute Gasteiger partial charge is 0.293 e. The number of thioether (sulfide) groups is 1. The van der Waals surface area contributed by atoms with Crippen LogP contribution in [0.4, 0.5) is 4.79 Å². The van der Waals surface area contributed by atoms with Crippen molar-refractivity contribution in [2.24, 2.45) is 17.8 Å². The van der Waals surface area contributed by atoms with Crippen molar-refractivity contribution in [3.63, 3.8) is 0 Å². The Hall–Kier alpha value is -2.97. The molecule has 1 heterocycles. The molecular formula is C30H31ClN2O5S. The highest BCUT2D eigenvalue weighted by Crippen LogP contribution is 2.55. The molecule has 0 aromatic heterocycles. The number of hydrogen-bond acceptors (Lipinski definition) is 6. The maximum absolute atomic E-state index is 12.9. The standard InChI is InChI=1S/C30H31ClN2O5S/c1-37-25-11-19(12-26-28(35)33(29(36)39-26)16-18-2-5-23(31)6-3-18)4-7-24(25)38-17-27(34)32-30-13-20-8-21(14-30)10-22(9-20)15-30/h2-7,11-12,20-22H,8-10,13-17H2,1H3,(H,32,34)/b26-12-. The van der Waals surface area contributed by atoms with Crippen molar-refractivity contribution in [1.29, 1.82) is 0 Å². The van der Waals surface area contributed by atoms with E-state index in [1.165, 1.54) is 31.3 Å². The highest BCUT2D eigenvalue weighted by Gasteiger charge is 2.51. The largest absolute Gasteiger partial charge is 0.493 e. The lowest BCUT2D eigenvalue weighted by Crippen LogP contribution is -2.60. The molecule has 4 saturated carbocycles. The van der Waals surface area contributed by atoms with E-state index in [0.717, 1.165) is 54.3 Å². The van der Waals surface area contributed by atoms with E-state index in [2.05, 4.69) is 5.32 Å². The number of nitrogens with one attached hydrogen (secondary N) is 1. The van der Waals surface area contributed by atoms with Gasteiger partial charge in [0.05, 0.1) is 18.6 Å². The summed E-state index contributed by atoms with van der Waals surface area (Å²) in [5.74, 6) is 2.72. The summed E-state index contributed by atoms with van der Waals surface area (Å²) in [5.41, 5.74) is 1.45. The predicted octanol–water partition coefficient (Wildman–Crippen LogP) is 6.05. The van der Waals surface area contributed by atoms with Crippen LogP contribution in [-0.4, -0.2) is 41.2 Å². The molecule has 5 fully saturated rings. The first kappa shape index (κ1) is 26.3. The Bertz CT molecular complexity index is 1310. The highest BCUT2D eigenvalue weighted by molar-refractivity contribution is 8.18. The first-order chi connectivity index (χ1) is 18.8. The Labute approximate surface area is 237 Å². The van der Waals surface area contributed by atoms with Crippen LogP contribution < -0.4 is 14.8 Å². The molecule has 2 aromatic rings. The lowest BCUT2D eigenvalue weighted by atomic mass is 9.53. The molecule has 0 radical (unpaired) electrons. The minimum absolute atomic E-state index is 0.0559. The summed E-state index contributed by atoms with van der Waals surface area (Å²) in [6.07, 6.45) is 8.91. The van der Waals surface area contributed by atoms with Crippen molar-refractivity contribution in [2.75, 3.05) is 13.7 Å². The van der Waals surface area contributed by atoms with Gasteiger partial charge < -0.3 is 14.8 Å². The normalized spacial score (nSPS) is 28.3. The minimum atomic E-state index is -0.347. The van der Waals surface area contributed by atoms with Gasteiger partial charge in [0.2, 0.25) is 0 Å². The van der Waals surface area contributed by atoms with Crippen LogP contribution in [0, 0.1) is 17.8 Å². The van der Waals surface area contributed by atoms with Gasteiger partial charge in [0, 0.05) is 10.6 Å². The number of imide groups is 1. The molecule has 4 bridgehead atoms. The lowest BCUT2D eigenvalue weighted by Gasteiger charge is -2.56. The monoisotopic (exact) mass is 566 g/mol. The van der Waals surface area contributed by atoms with Crippen LogP contribution in [0.5, 0.6) is 11.5 Å². The third-order valence-electron chi connectivity index (χ3n) is 8.41. The van der Waals surface area contributed by atoms with E-state index in [1.807, 2.05) is 0 Å². The minimum Gasteiger partial charge on any atom is -0.493 e. The molecule has 1 saturated heterocycles. The third-order valence-corrected chi connectivity index (χ3v) is 9.57. The number of amides is 3. The quantitative estimate of drug-likeness (QED) is 0.392. The van der Waals surface area contributed by atoms with Gasteiger partial charge in [-0.05, 0) is 110 Å². The fraction of sp³-hybridized carbons (Fsp3) is 0.433. The second kappa shape index (κ2) is 10.5. The summed E-state index contributed by atoms with van der Waals surface area (Å²) >= 11 is 6.84. The number of rotatable bonds is 8. The Morgan fingerprint density at radius 3 is 2.36 bits per heavy atom. The molecule has 4 aliphatic carbocycles. The summed E-state index contributed by atoms with van der Waals surface area (Å²) in [7, 11) is 1.53. The van der Waals surface area contributed by atoms with Gasteiger partial charge >= 0.3 is 0 Å². The van der Waals surface area contributed by atoms with Crippen LogP contribution in [0.1, 0.15) is 49.7 Å². The van der Waals surface area contributed by atoms with Crippen LogP contribution in [0.25, 0.3) is 6.08 Å². The van der Waals surface area contributed by atoms with Gasteiger partial charge in [-0.2, -0.15) is 0 Å². The molecule has 2 aromatic carbocycles. The summed E-state index contributed by atoms with van der Waals surface area (Å²) < 4.78 is 11.4. The van der Waals surface area contributed by atoms with Crippen molar-refractivity contribution in [3.05, 3.63) is 63.5 Å². The Balaban J connectivity index is 1.09. The second-order valence-corrected chi connectivity index (χ2v) is 12.8. The molecular weight excluding hydrogens is 536 g/mol. The van der Waals surface area contributed by atoms with Crippen LogP contribution >= 0.6 is 23.4 Å². The number of hydrogen-bond donors (Lipinski definition) is 1. The van der Waals surface area contributed by atoms with E-state index in [1.54, 1.807) is 48.5 Å². The molecule has 204 valence electrons. The van der Waals surface area contributed by atoms with Crippen molar-refractivity contribution in [1.82, 2.24) is 10.2 Å². The van der Waals surface area contributed by atoms with Crippen molar-refractivity contribution >= 4 is 46.5 Å². The molecule has 0 unspecified atom stereocenters.